The van der Waals surface area contributed by atoms with Crippen LogP contribution < -0.4 is 0 Å². The van der Waals surface area contributed by atoms with E-state index in [4.69, 9.17) is 16.3 Å². The zero-order valence-electron chi connectivity index (χ0n) is 9.45. The van der Waals surface area contributed by atoms with E-state index >= 15 is 0 Å². The standard InChI is InChI=1S/C13H16ClNO/c1-13-6-7-15(9-12(13)16-13)8-10-4-2-3-5-11(10)14/h2-5,12H,6-9H2,1H3/t12-,13+/m1/s1. The van der Waals surface area contributed by atoms with Gasteiger partial charge in [-0.2, -0.15) is 0 Å². The fraction of sp³-hybridized carbons (Fsp3) is 0.538. The first-order valence-electron chi connectivity index (χ1n) is 5.81. The summed E-state index contributed by atoms with van der Waals surface area (Å²) in [6, 6.07) is 8.08. The first kappa shape index (κ1) is 10.6. The monoisotopic (exact) mass is 237 g/mol. The van der Waals surface area contributed by atoms with Gasteiger partial charge in [0.1, 0.15) is 0 Å². The van der Waals surface area contributed by atoms with Crippen LogP contribution in [0.15, 0.2) is 24.3 Å². The molecule has 2 aliphatic heterocycles. The molecule has 1 aromatic rings. The molecular formula is C13H16ClNO. The first-order valence-corrected chi connectivity index (χ1v) is 6.19. The van der Waals surface area contributed by atoms with E-state index in [1.54, 1.807) is 0 Å². The molecule has 2 atom stereocenters. The number of benzene rings is 1. The summed E-state index contributed by atoms with van der Waals surface area (Å²) in [5, 5.41) is 0.868. The Labute approximate surface area is 101 Å². The van der Waals surface area contributed by atoms with Crippen molar-refractivity contribution in [2.45, 2.75) is 31.6 Å². The van der Waals surface area contributed by atoms with Gasteiger partial charge in [0.15, 0.2) is 0 Å². The maximum atomic E-state index is 6.16. The minimum Gasteiger partial charge on any atom is -0.365 e. The van der Waals surface area contributed by atoms with Crippen LogP contribution in [0.5, 0.6) is 0 Å². The van der Waals surface area contributed by atoms with Crippen molar-refractivity contribution < 1.29 is 4.74 Å². The molecular weight excluding hydrogens is 222 g/mol. The van der Waals surface area contributed by atoms with Crippen LogP contribution in [0.25, 0.3) is 0 Å². The van der Waals surface area contributed by atoms with E-state index < -0.39 is 0 Å². The Kier molecular flexibility index (Phi) is 2.46. The molecule has 0 aromatic heterocycles. The average molecular weight is 238 g/mol. The summed E-state index contributed by atoms with van der Waals surface area (Å²) in [5.41, 5.74) is 1.41. The van der Waals surface area contributed by atoms with Gasteiger partial charge in [-0.05, 0) is 25.0 Å². The van der Waals surface area contributed by atoms with Gasteiger partial charge in [-0.25, -0.2) is 0 Å². The lowest BCUT2D eigenvalue weighted by Crippen LogP contribution is -2.37. The lowest BCUT2D eigenvalue weighted by molar-refractivity contribution is 0.223. The van der Waals surface area contributed by atoms with E-state index in [9.17, 15) is 0 Å². The molecule has 3 rings (SSSR count). The highest BCUT2D eigenvalue weighted by atomic mass is 35.5. The molecule has 0 radical (unpaired) electrons. The number of epoxide rings is 1. The molecule has 0 aliphatic carbocycles. The SMILES string of the molecule is C[C@]12CCN(Cc3ccccc3Cl)C[C@H]1O2. The third kappa shape index (κ3) is 1.86. The van der Waals surface area contributed by atoms with Crippen molar-refractivity contribution in [2.24, 2.45) is 0 Å². The summed E-state index contributed by atoms with van der Waals surface area (Å²) in [7, 11) is 0. The van der Waals surface area contributed by atoms with Crippen LogP contribution in [0.2, 0.25) is 5.02 Å². The molecule has 3 heteroatoms. The Morgan fingerprint density at radius 1 is 1.50 bits per heavy atom. The Hall–Kier alpha value is -0.570. The minimum atomic E-state index is 0.191. The molecule has 2 aliphatic rings. The minimum absolute atomic E-state index is 0.191. The van der Waals surface area contributed by atoms with Crippen molar-refractivity contribution in [3.05, 3.63) is 34.9 Å². The lowest BCUT2D eigenvalue weighted by atomic mass is 9.98. The number of piperidine rings is 1. The Balaban J connectivity index is 1.66. The van der Waals surface area contributed by atoms with Crippen molar-refractivity contribution in [1.82, 2.24) is 4.90 Å². The molecule has 0 unspecified atom stereocenters. The van der Waals surface area contributed by atoms with E-state index in [0.717, 1.165) is 31.1 Å². The maximum Gasteiger partial charge on any atom is 0.0997 e. The predicted octanol–water partition coefficient (Wildman–Crippen LogP) is 2.70. The Bertz CT molecular complexity index is 409. The van der Waals surface area contributed by atoms with Gasteiger partial charge in [-0.1, -0.05) is 29.8 Å². The number of nitrogens with zero attached hydrogens (tertiary/aromatic N) is 1. The maximum absolute atomic E-state index is 6.16. The average Bonchev–Trinajstić information content (AvgIpc) is 2.93. The van der Waals surface area contributed by atoms with Crippen LogP contribution in [0.1, 0.15) is 18.9 Å². The molecule has 86 valence electrons. The molecule has 0 saturated carbocycles. The van der Waals surface area contributed by atoms with E-state index in [2.05, 4.69) is 17.9 Å². The Morgan fingerprint density at radius 2 is 2.31 bits per heavy atom. The van der Waals surface area contributed by atoms with Gasteiger partial charge < -0.3 is 4.74 Å². The first-order chi connectivity index (χ1) is 7.67. The second-order valence-corrected chi connectivity index (χ2v) is 5.40. The van der Waals surface area contributed by atoms with Crippen molar-refractivity contribution in [1.29, 1.82) is 0 Å². The van der Waals surface area contributed by atoms with Crippen LogP contribution in [-0.4, -0.2) is 29.7 Å². The van der Waals surface area contributed by atoms with Crippen LogP contribution in [-0.2, 0) is 11.3 Å². The number of rotatable bonds is 2. The summed E-state index contributed by atoms with van der Waals surface area (Å²) in [5.74, 6) is 0. The van der Waals surface area contributed by atoms with Crippen LogP contribution >= 0.6 is 11.6 Å². The number of fused-ring (bicyclic) bond motifs is 1. The molecule has 2 nitrogen and oxygen atoms in total. The van der Waals surface area contributed by atoms with Gasteiger partial charge in [0.05, 0.1) is 11.7 Å². The fourth-order valence-corrected chi connectivity index (χ4v) is 2.65. The quantitative estimate of drug-likeness (QED) is 0.736. The largest absolute Gasteiger partial charge is 0.365 e. The number of hydrogen-bond acceptors (Lipinski definition) is 2. The van der Waals surface area contributed by atoms with Crippen LogP contribution in [0.4, 0.5) is 0 Å². The topological polar surface area (TPSA) is 15.8 Å². The molecule has 2 saturated heterocycles. The third-order valence-corrected chi connectivity index (χ3v) is 4.10. The van der Waals surface area contributed by atoms with Gasteiger partial charge >= 0.3 is 0 Å². The van der Waals surface area contributed by atoms with E-state index in [0.29, 0.717) is 6.10 Å². The fourth-order valence-electron chi connectivity index (χ4n) is 2.46. The summed E-state index contributed by atoms with van der Waals surface area (Å²) < 4.78 is 5.69. The van der Waals surface area contributed by atoms with Crippen molar-refractivity contribution in [2.75, 3.05) is 13.1 Å². The summed E-state index contributed by atoms with van der Waals surface area (Å²) in [4.78, 5) is 2.43. The zero-order chi connectivity index (χ0) is 11.2. The van der Waals surface area contributed by atoms with Crippen LogP contribution in [0.3, 0.4) is 0 Å². The molecule has 2 heterocycles. The zero-order valence-corrected chi connectivity index (χ0v) is 10.2. The highest BCUT2D eigenvalue weighted by Crippen LogP contribution is 2.43. The van der Waals surface area contributed by atoms with Gasteiger partial charge in [-0.15, -0.1) is 0 Å². The second kappa shape index (κ2) is 3.73. The highest BCUT2D eigenvalue weighted by molar-refractivity contribution is 6.31. The summed E-state index contributed by atoms with van der Waals surface area (Å²) in [6.45, 7) is 5.31. The van der Waals surface area contributed by atoms with E-state index in [1.807, 2.05) is 18.2 Å². The summed E-state index contributed by atoms with van der Waals surface area (Å²) >= 11 is 6.16. The predicted molar refractivity (Wildman–Crippen MR) is 64.6 cm³/mol. The van der Waals surface area contributed by atoms with Crippen molar-refractivity contribution in [3.63, 3.8) is 0 Å². The molecule has 16 heavy (non-hydrogen) atoms. The number of ether oxygens (including phenoxy) is 1. The van der Waals surface area contributed by atoms with Gasteiger partial charge in [0, 0.05) is 24.7 Å². The Morgan fingerprint density at radius 3 is 3.06 bits per heavy atom. The normalized spacial score (nSPS) is 33.5. The number of likely N-dealkylation sites (tertiary alicyclic amines) is 1. The summed E-state index contributed by atoms with van der Waals surface area (Å²) in [6.07, 6.45) is 1.59. The third-order valence-electron chi connectivity index (χ3n) is 3.74. The van der Waals surface area contributed by atoms with Gasteiger partial charge in [0.25, 0.3) is 0 Å². The molecule has 2 fully saturated rings. The van der Waals surface area contributed by atoms with Crippen LogP contribution in [0, 0.1) is 0 Å². The second-order valence-electron chi connectivity index (χ2n) is 5.00. The molecule has 0 spiro atoms. The number of hydrogen-bond donors (Lipinski definition) is 0. The van der Waals surface area contributed by atoms with Crippen molar-refractivity contribution in [3.8, 4) is 0 Å². The molecule has 0 bridgehead atoms. The number of halogens is 1. The lowest BCUT2D eigenvalue weighted by Gasteiger charge is -2.27. The highest BCUT2D eigenvalue weighted by Gasteiger charge is 2.54. The molecule has 0 amide bonds. The van der Waals surface area contributed by atoms with E-state index in [-0.39, 0.29) is 5.60 Å². The molecule has 1 aromatic carbocycles. The van der Waals surface area contributed by atoms with E-state index in [1.165, 1.54) is 5.56 Å². The smallest absolute Gasteiger partial charge is 0.0997 e. The van der Waals surface area contributed by atoms with Gasteiger partial charge in [-0.3, -0.25) is 4.90 Å². The molecule has 0 N–H and O–H groups in total. The van der Waals surface area contributed by atoms with Crippen molar-refractivity contribution >= 4 is 11.6 Å². The van der Waals surface area contributed by atoms with Gasteiger partial charge in [0.2, 0.25) is 0 Å².